The van der Waals surface area contributed by atoms with Gasteiger partial charge in [-0.2, -0.15) is 0 Å². The van der Waals surface area contributed by atoms with Gasteiger partial charge in [-0.3, -0.25) is 24.0 Å². The van der Waals surface area contributed by atoms with Crippen molar-refractivity contribution in [3.05, 3.63) is 0 Å². The number of likely N-dealkylation sites (N-methyl/N-ethyl adjacent to an activating group) is 1. The number of rotatable bonds is 16. The van der Waals surface area contributed by atoms with Crippen LogP contribution in [0.1, 0.15) is 59.3 Å². The van der Waals surface area contributed by atoms with Gasteiger partial charge in [-0.1, -0.05) is 13.8 Å². The first-order valence-corrected chi connectivity index (χ1v) is 10.3. The molecule has 172 valence electrons. The number of amides is 3. The molecule has 3 amide bonds. The molecule has 0 rings (SSSR count). The Kier molecular flexibility index (Phi) is 14.1. The number of ketones is 1. The van der Waals surface area contributed by atoms with E-state index in [0.717, 1.165) is 0 Å². The number of hydrogen-bond donors (Lipinski definition) is 5. The van der Waals surface area contributed by atoms with Gasteiger partial charge in [-0.05, 0) is 45.6 Å². The Hall–Kier alpha value is -2.49. The van der Waals surface area contributed by atoms with Crippen molar-refractivity contribution >= 4 is 29.5 Å². The Labute approximate surface area is 177 Å². The Bertz CT molecular complexity index is 594. The highest BCUT2D eigenvalue weighted by Crippen LogP contribution is 2.05. The first-order chi connectivity index (χ1) is 14.1. The van der Waals surface area contributed by atoms with E-state index < -0.39 is 17.9 Å². The summed E-state index contributed by atoms with van der Waals surface area (Å²) in [5, 5.41) is 19.3. The number of carboxylic acid groups (broad SMARTS) is 1. The van der Waals surface area contributed by atoms with Gasteiger partial charge < -0.3 is 26.4 Å². The van der Waals surface area contributed by atoms with Crippen LogP contribution in [0.3, 0.4) is 0 Å². The van der Waals surface area contributed by atoms with E-state index in [1.165, 1.54) is 6.92 Å². The van der Waals surface area contributed by atoms with Gasteiger partial charge in [0.2, 0.25) is 17.7 Å². The monoisotopic (exact) mass is 428 g/mol. The molecule has 10 nitrogen and oxygen atoms in total. The van der Waals surface area contributed by atoms with Crippen LogP contribution < -0.4 is 21.3 Å². The summed E-state index contributed by atoms with van der Waals surface area (Å²) in [6, 6.07) is -1.04. The van der Waals surface area contributed by atoms with Crippen LogP contribution in [0.2, 0.25) is 0 Å². The molecule has 10 heteroatoms. The van der Waals surface area contributed by atoms with Crippen LogP contribution >= 0.6 is 0 Å². The SMILES string of the molecule is CN[C@@H](CC(C)C)C(=O)NCC(=O)N[C@@H](CCCCNC(=O)CCC(=O)O)C(C)=O. The minimum Gasteiger partial charge on any atom is -0.481 e. The van der Waals surface area contributed by atoms with Gasteiger partial charge in [-0.15, -0.1) is 0 Å². The van der Waals surface area contributed by atoms with E-state index in [-0.39, 0.29) is 43.0 Å². The maximum atomic E-state index is 12.1. The standard InChI is InChI=1S/C20H36N4O6/c1-13(2)11-16(21-4)20(30)23-12-18(27)24-15(14(3)25)7-5-6-10-22-17(26)8-9-19(28)29/h13,15-16,21H,5-12H2,1-4H3,(H,22,26)(H,23,30)(H,24,27)(H,28,29)/t15-,16-/m0/s1. The minimum atomic E-state index is -1.03. The van der Waals surface area contributed by atoms with Gasteiger partial charge in [0.1, 0.15) is 0 Å². The van der Waals surface area contributed by atoms with Crippen molar-refractivity contribution in [1.29, 1.82) is 0 Å². The van der Waals surface area contributed by atoms with E-state index in [1.54, 1.807) is 7.05 Å². The zero-order valence-corrected chi connectivity index (χ0v) is 18.4. The van der Waals surface area contributed by atoms with Crippen LogP contribution in [0.25, 0.3) is 0 Å². The van der Waals surface area contributed by atoms with E-state index in [9.17, 15) is 24.0 Å². The summed E-state index contributed by atoms with van der Waals surface area (Å²) in [5.74, 6) is -1.92. The second-order valence-electron chi connectivity index (χ2n) is 7.66. The van der Waals surface area contributed by atoms with Gasteiger partial charge in [0.15, 0.2) is 5.78 Å². The molecule has 0 aromatic carbocycles. The third-order valence-corrected chi connectivity index (χ3v) is 4.43. The molecule has 0 spiro atoms. The smallest absolute Gasteiger partial charge is 0.303 e. The van der Waals surface area contributed by atoms with Crippen LogP contribution in [-0.4, -0.2) is 66.8 Å². The fourth-order valence-electron chi connectivity index (χ4n) is 2.75. The lowest BCUT2D eigenvalue weighted by Crippen LogP contribution is -2.49. The number of nitrogens with one attached hydrogen (secondary N) is 4. The highest BCUT2D eigenvalue weighted by molar-refractivity contribution is 5.91. The van der Waals surface area contributed by atoms with Crippen molar-refractivity contribution in [2.24, 2.45) is 5.92 Å². The summed E-state index contributed by atoms with van der Waals surface area (Å²) < 4.78 is 0. The normalized spacial score (nSPS) is 12.7. The van der Waals surface area contributed by atoms with Gasteiger partial charge in [0.05, 0.1) is 25.0 Å². The lowest BCUT2D eigenvalue weighted by molar-refractivity contribution is -0.138. The topological polar surface area (TPSA) is 154 Å². The largest absolute Gasteiger partial charge is 0.481 e. The summed E-state index contributed by atoms with van der Waals surface area (Å²) in [5.41, 5.74) is 0. The summed E-state index contributed by atoms with van der Waals surface area (Å²) in [6.45, 7) is 5.55. The molecule has 0 heterocycles. The Morgan fingerprint density at radius 3 is 2.10 bits per heavy atom. The quantitative estimate of drug-likeness (QED) is 0.216. The predicted molar refractivity (Wildman–Crippen MR) is 112 cm³/mol. The summed E-state index contributed by atoms with van der Waals surface area (Å²) in [6.07, 6.45) is 1.95. The zero-order valence-electron chi connectivity index (χ0n) is 18.4. The molecule has 2 atom stereocenters. The molecule has 0 aromatic heterocycles. The summed E-state index contributed by atoms with van der Waals surface area (Å²) in [7, 11) is 1.69. The number of carboxylic acids is 1. The van der Waals surface area contributed by atoms with E-state index in [0.29, 0.717) is 38.1 Å². The minimum absolute atomic E-state index is 0.0707. The van der Waals surface area contributed by atoms with Gasteiger partial charge in [-0.25, -0.2) is 0 Å². The zero-order chi connectivity index (χ0) is 23.1. The molecule has 5 N–H and O–H groups in total. The first-order valence-electron chi connectivity index (χ1n) is 10.3. The molecule has 0 radical (unpaired) electrons. The van der Waals surface area contributed by atoms with E-state index in [4.69, 9.17) is 5.11 Å². The molecule has 0 fully saturated rings. The maximum absolute atomic E-state index is 12.1. The molecule has 0 aliphatic rings. The number of carbonyl (C=O) groups excluding carboxylic acids is 4. The second kappa shape index (κ2) is 15.4. The third kappa shape index (κ3) is 13.6. The molecule has 0 saturated carbocycles. The summed E-state index contributed by atoms with van der Waals surface area (Å²) >= 11 is 0. The third-order valence-electron chi connectivity index (χ3n) is 4.43. The van der Waals surface area contributed by atoms with Crippen LogP contribution in [-0.2, 0) is 24.0 Å². The predicted octanol–water partition coefficient (Wildman–Crippen LogP) is -0.0382. The maximum Gasteiger partial charge on any atom is 0.303 e. The van der Waals surface area contributed by atoms with Crippen molar-refractivity contribution in [2.75, 3.05) is 20.1 Å². The van der Waals surface area contributed by atoms with Crippen molar-refractivity contribution < 1.29 is 29.1 Å². The molecular weight excluding hydrogens is 392 g/mol. The van der Waals surface area contributed by atoms with E-state index >= 15 is 0 Å². The van der Waals surface area contributed by atoms with Crippen molar-refractivity contribution in [3.8, 4) is 0 Å². The first kappa shape index (κ1) is 27.5. The molecule has 0 unspecified atom stereocenters. The number of hydrogen-bond acceptors (Lipinski definition) is 6. The van der Waals surface area contributed by atoms with Crippen molar-refractivity contribution in [2.45, 2.75) is 71.4 Å². The van der Waals surface area contributed by atoms with Crippen LogP contribution in [0, 0.1) is 5.92 Å². The molecule has 0 aromatic rings. The highest BCUT2D eigenvalue weighted by atomic mass is 16.4. The highest BCUT2D eigenvalue weighted by Gasteiger charge is 2.20. The lowest BCUT2D eigenvalue weighted by Gasteiger charge is -2.19. The fraction of sp³-hybridized carbons (Fsp3) is 0.750. The molecule has 30 heavy (non-hydrogen) atoms. The number of carbonyl (C=O) groups is 5. The van der Waals surface area contributed by atoms with Crippen LogP contribution in [0.4, 0.5) is 0 Å². The number of unbranched alkanes of at least 4 members (excludes halogenated alkanes) is 1. The van der Waals surface area contributed by atoms with Crippen molar-refractivity contribution in [3.63, 3.8) is 0 Å². The van der Waals surface area contributed by atoms with Crippen molar-refractivity contribution in [1.82, 2.24) is 21.3 Å². The second-order valence-corrected chi connectivity index (χ2v) is 7.66. The van der Waals surface area contributed by atoms with E-state index in [2.05, 4.69) is 21.3 Å². The molecule has 0 bridgehead atoms. The lowest BCUT2D eigenvalue weighted by atomic mass is 10.0. The number of aliphatic carboxylic acids is 1. The Morgan fingerprint density at radius 1 is 0.900 bits per heavy atom. The van der Waals surface area contributed by atoms with Gasteiger partial charge in [0.25, 0.3) is 0 Å². The molecule has 0 aliphatic carbocycles. The molecule has 0 aliphatic heterocycles. The Morgan fingerprint density at radius 2 is 1.57 bits per heavy atom. The average molecular weight is 429 g/mol. The van der Waals surface area contributed by atoms with E-state index in [1.807, 2.05) is 13.8 Å². The number of Topliss-reactive ketones (excluding diaryl/α,β-unsaturated/α-hetero) is 1. The van der Waals surface area contributed by atoms with Gasteiger partial charge in [0, 0.05) is 13.0 Å². The van der Waals surface area contributed by atoms with Crippen LogP contribution in [0.5, 0.6) is 0 Å². The average Bonchev–Trinajstić information content (AvgIpc) is 2.66. The van der Waals surface area contributed by atoms with Crippen LogP contribution in [0.15, 0.2) is 0 Å². The van der Waals surface area contributed by atoms with Gasteiger partial charge >= 0.3 is 5.97 Å². The molecule has 0 saturated heterocycles. The Balaban J connectivity index is 4.22. The summed E-state index contributed by atoms with van der Waals surface area (Å²) in [4.78, 5) is 57.8. The fourth-order valence-corrected chi connectivity index (χ4v) is 2.75. The molecular formula is C20H36N4O6.